The lowest BCUT2D eigenvalue weighted by Gasteiger charge is -2.15. The molecule has 0 unspecified atom stereocenters. The third kappa shape index (κ3) is 4.26. The lowest BCUT2D eigenvalue weighted by Crippen LogP contribution is -2.21. The number of non-ortho nitro benzene ring substituents is 1. The zero-order valence-electron chi connectivity index (χ0n) is 14.0. The van der Waals surface area contributed by atoms with Gasteiger partial charge in [-0.3, -0.25) is 10.1 Å². The number of carbonyl (C=O) groups excluding carboxylic acids is 1. The molecule has 8 nitrogen and oxygen atoms in total. The van der Waals surface area contributed by atoms with E-state index in [0.717, 1.165) is 18.2 Å². The average Bonchev–Trinajstić information content (AvgIpc) is 3.15. The Morgan fingerprint density at radius 1 is 1.14 bits per heavy atom. The SMILES string of the molecule is O=C(Nc1cccc([N+](=O)[O-])c1)Nc1cc(C(F)(F)F)ccc1-n1ccnc1. The highest BCUT2D eigenvalue weighted by atomic mass is 19.4. The number of aromatic nitrogens is 2. The molecule has 2 aromatic carbocycles. The fourth-order valence-corrected chi connectivity index (χ4v) is 2.42. The Labute approximate surface area is 155 Å². The van der Waals surface area contributed by atoms with Crippen LogP contribution >= 0.6 is 0 Å². The molecule has 0 fully saturated rings. The third-order valence-electron chi connectivity index (χ3n) is 3.67. The zero-order chi connectivity index (χ0) is 20.3. The number of nitro groups is 1. The Balaban J connectivity index is 1.88. The van der Waals surface area contributed by atoms with Crippen molar-refractivity contribution >= 4 is 23.1 Å². The summed E-state index contributed by atoms with van der Waals surface area (Å²) in [4.78, 5) is 26.2. The van der Waals surface area contributed by atoms with Gasteiger partial charge in [0.1, 0.15) is 0 Å². The van der Waals surface area contributed by atoms with Gasteiger partial charge in [-0.05, 0) is 24.3 Å². The van der Waals surface area contributed by atoms with Gasteiger partial charge in [0, 0.05) is 30.2 Å². The van der Waals surface area contributed by atoms with Crippen LogP contribution in [0, 0.1) is 10.1 Å². The van der Waals surface area contributed by atoms with Crippen LogP contribution in [0.5, 0.6) is 0 Å². The van der Waals surface area contributed by atoms with E-state index in [0.29, 0.717) is 0 Å². The normalized spacial score (nSPS) is 11.1. The number of carbonyl (C=O) groups is 1. The van der Waals surface area contributed by atoms with Crippen LogP contribution in [-0.4, -0.2) is 20.5 Å². The van der Waals surface area contributed by atoms with Crippen LogP contribution < -0.4 is 10.6 Å². The maximum absolute atomic E-state index is 13.0. The van der Waals surface area contributed by atoms with E-state index in [4.69, 9.17) is 0 Å². The molecule has 28 heavy (non-hydrogen) atoms. The van der Waals surface area contributed by atoms with Crippen LogP contribution in [0.15, 0.2) is 61.2 Å². The van der Waals surface area contributed by atoms with Gasteiger partial charge in [0.05, 0.1) is 28.2 Å². The maximum Gasteiger partial charge on any atom is 0.416 e. The maximum atomic E-state index is 13.0. The molecule has 3 aromatic rings. The van der Waals surface area contributed by atoms with E-state index in [1.165, 1.54) is 47.6 Å². The first-order chi connectivity index (χ1) is 13.2. The van der Waals surface area contributed by atoms with E-state index < -0.39 is 22.7 Å². The lowest BCUT2D eigenvalue weighted by atomic mass is 10.1. The second kappa shape index (κ2) is 7.39. The summed E-state index contributed by atoms with van der Waals surface area (Å²) < 4.78 is 40.5. The number of hydrogen-bond acceptors (Lipinski definition) is 4. The number of amides is 2. The van der Waals surface area contributed by atoms with Gasteiger partial charge in [-0.25, -0.2) is 9.78 Å². The Morgan fingerprint density at radius 3 is 2.57 bits per heavy atom. The number of hydrogen-bond donors (Lipinski definition) is 2. The van der Waals surface area contributed by atoms with Crippen molar-refractivity contribution < 1.29 is 22.9 Å². The summed E-state index contributed by atoms with van der Waals surface area (Å²) in [5, 5.41) is 15.5. The standard InChI is InChI=1S/C17H12F3N5O3/c18-17(19,20)11-4-5-15(24-7-6-21-10-24)14(8-11)23-16(26)22-12-2-1-3-13(9-12)25(27)28/h1-10H,(H2,22,23,26). The zero-order valence-corrected chi connectivity index (χ0v) is 14.0. The summed E-state index contributed by atoms with van der Waals surface area (Å²) in [5.41, 5.74) is -0.920. The summed E-state index contributed by atoms with van der Waals surface area (Å²) in [6.07, 6.45) is -0.288. The van der Waals surface area contributed by atoms with Crippen molar-refractivity contribution in [3.63, 3.8) is 0 Å². The molecular formula is C17H12F3N5O3. The molecule has 2 amide bonds. The van der Waals surface area contributed by atoms with Crippen molar-refractivity contribution in [2.75, 3.05) is 10.6 Å². The van der Waals surface area contributed by atoms with Crippen molar-refractivity contribution in [1.82, 2.24) is 9.55 Å². The number of rotatable bonds is 4. The monoisotopic (exact) mass is 391 g/mol. The molecule has 0 bridgehead atoms. The van der Waals surface area contributed by atoms with Crippen LogP contribution in [0.1, 0.15) is 5.56 Å². The molecule has 0 atom stereocenters. The molecule has 0 saturated heterocycles. The first kappa shape index (κ1) is 18.9. The summed E-state index contributed by atoms with van der Waals surface area (Å²) in [5.74, 6) is 0. The Kier molecular flexibility index (Phi) is 4.98. The molecule has 2 N–H and O–H groups in total. The Hall–Kier alpha value is -3.89. The minimum atomic E-state index is -4.60. The van der Waals surface area contributed by atoms with Gasteiger partial charge in [0.25, 0.3) is 5.69 Å². The predicted octanol–water partition coefficient (Wildman–Crippen LogP) is 4.44. The summed E-state index contributed by atoms with van der Waals surface area (Å²) in [6, 6.07) is 7.18. The first-order valence-electron chi connectivity index (χ1n) is 7.76. The highest BCUT2D eigenvalue weighted by Crippen LogP contribution is 2.33. The second-order valence-electron chi connectivity index (χ2n) is 5.59. The summed E-state index contributed by atoms with van der Waals surface area (Å²) in [6.45, 7) is 0. The van der Waals surface area contributed by atoms with E-state index in [1.54, 1.807) is 0 Å². The molecule has 144 valence electrons. The minimum absolute atomic E-state index is 0.114. The van der Waals surface area contributed by atoms with Crippen molar-refractivity contribution in [2.24, 2.45) is 0 Å². The Morgan fingerprint density at radius 2 is 1.93 bits per heavy atom. The van der Waals surface area contributed by atoms with Gasteiger partial charge < -0.3 is 15.2 Å². The topological polar surface area (TPSA) is 102 Å². The van der Waals surface area contributed by atoms with E-state index >= 15 is 0 Å². The number of alkyl halides is 3. The molecular weight excluding hydrogens is 379 g/mol. The first-order valence-corrected chi connectivity index (χ1v) is 7.76. The van der Waals surface area contributed by atoms with Crippen molar-refractivity contribution in [1.29, 1.82) is 0 Å². The molecule has 0 aliphatic carbocycles. The van der Waals surface area contributed by atoms with Crippen LogP contribution in [0.4, 0.5) is 35.0 Å². The quantitative estimate of drug-likeness (QED) is 0.507. The lowest BCUT2D eigenvalue weighted by molar-refractivity contribution is -0.384. The molecule has 1 aromatic heterocycles. The largest absolute Gasteiger partial charge is 0.416 e. The smallest absolute Gasteiger partial charge is 0.307 e. The minimum Gasteiger partial charge on any atom is -0.307 e. The molecule has 0 radical (unpaired) electrons. The Bertz CT molecular complexity index is 1020. The van der Waals surface area contributed by atoms with Gasteiger partial charge in [0.2, 0.25) is 0 Å². The number of urea groups is 1. The highest BCUT2D eigenvalue weighted by molar-refractivity contribution is 6.01. The van der Waals surface area contributed by atoms with E-state index in [2.05, 4.69) is 15.6 Å². The summed E-state index contributed by atoms with van der Waals surface area (Å²) in [7, 11) is 0. The molecule has 0 saturated carbocycles. The van der Waals surface area contributed by atoms with Crippen molar-refractivity contribution in [2.45, 2.75) is 6.18 Å². The number of benzene rings is 2. The number of halogens is 3. The van der Waals surface area contributed by atoms with Gasteiger partial charge in [-0.15, -0.1) is 0 Å². The van der Waals surface area contributed by atoms with Gasteiger partial charge in [0.15, 0.2) is 0 Å². The van der Waals surface area contributed by atoms with Crippen LogP contribution in [0.25, 0.3) is 5.69 Å². The second-order valence-corrected chi connectivity index (χ2v) is 5.59. The van der Waals surface area contributed by atoms with E-state index in [-0.39, 0.29) is 22.7 Å². The number of imidazole rings is 1. The van der Waals surface area contributed by atoms with Gasteiger partial charge in [-0.2, -0.15) is 13.2 Å². The molecule has 0 aliphatic rings. The summed E-state index contributed by atoms with van der Waals surface area (Å²) >= 11 is 0. The molecule has 11 heteroatoms. The number of nitrogens with one attached hydrogen (secondary N) is 2. The van der Waals surface area contributed by atoms with Crippen molar-refractivity contribution in [3.05, 3.63) is 76.9 Å². The average molecular weight is 391 g/mol. The number of nitro benzene ring substituents is 1. The van der Waals surface area contributed by atoms with Crippen LogP contribution in [0.2, 0.25) is 0 Å². The fraction of sp³-hybridized carbons (Fsp3) is 0.0588. The van der Waals surface area contributed by atoms with E-state index in [9.17, 15) is 28.1 Å². The van der Waals surface area contributed by atoms with Crippen LogP contribution in [0.3, 0.4) is 0 Å². The number of anilines is 2. The predicted molar refractivity (Wildman–Crippen MR) is 94.3 cm³/mol. The van der Waals surface area contributed by atoms with Crippen LogP contribution in [-0.2, 0) is 6.18 Å². The van der Waals surface area contributed by atoms with E-state index in [1.807, 2.05) is 0 Å². The van der Waals surface area contributed by atoms with Gasteiger partial charge >= 0.3 is 12.2 Å². The van der Waals surface area contributed by atoms with Gasteiger partial charge in [-0.1, -0.05) is 6.07 Å². The van der Waals surface area contributed by atoms with Crippen molar-refractivity contribution in [3.8, 4) is 5.69 Å². The molecule has 0 aliphatic heterocycles. The third-order valence-corrected chi connectivity index (χ3v) is 3.67. The fourth-order valence-electron chi connectivity index (χ4n) is 2.42. The molecule has 0 spiro atoms. The number of nitrogens with zero attached hydrogens (tertiary/aromatic N) is 3. The molecule has 1 heterocycles. The molecule has 3 rings (SSSR count). The highest BCUT2D eigenvalue weighted by Gasteiger charge is 2.31.